The number of rotatable bonds is 9. The van der Waals surface area contributed by atoms with E-state index >= 15 is 0 Å². The average molecular weight is 352 g/mol. The summed E-state index contributed by atoms with van der Waals surface area (Å²) in [5.74, 6) is 0.873. The maximum atomic E-state index is 6.04. The minimum atomic E-state index is 0.240. The summed E-state index contributed by atoms with van der Waals surface area (Å²) in [6.07, 6.45) is 5.60. The Bertz CT molecular complexity index is 805. The van der Waals surface area contributed by atoms with E-state index in [1.54, 1.807) is 12.4 Å². The molecule has 0 fully saturated rings. The quantitative estimate of drug-likeness (QED) is 0.522. The van der Waals surface area contributed by atoms with Crippen LogP contribution in [0.4, 0.5) is 0 Å². The van der Waals surface area contributed by atoms with Gasteiger partial charge in [0, 0.05) is 17.6 Å². The molecule has 3 N–H and O–H groups in total. The van der Waals surface area contributed by atoms with E-state index in [2.05, 4.69) is 47.9 Å². The Morgan fingerprint density at radius 3 is 2.88 bits per heavy atom. The summed E-state index contributed by atoms with van der Waals surface area (Å²) in [6, 6.07) is 10.5. The van der Waals surface area contributed by atoms with E-state index in [1.807, 2.05) is 25.1 Å². The molecule has 1 atom stereocenters. The number of hydrogen-bond acceptors (Lipinski definition) is 5. The van der Waals surface area contributed by atoms with E-state index in [0.29, 0.717) is 18.4 Å². The fraction of sp³-hybridized carbons (Fsp3) is 0.333. The zero-order chi connectivity index (χ0) is 18.9. The van der Waals surface area contributed by atoms with Crippen LogP contribution in [0.1, 0.15) is 39.3 Å². The molecule has 2 aromatic rings. The van der Waals surface area contributed by atoms with Gasteiger partial charge in [0.25, 0.3) is 0 Å². The van der Waals surface area contributed by atoms with Gasteiger partial charge in [0.05, 0.1) is 17.6 Å². The van der Waals surface area contributed by atoms with Crippen LogP contribution in [-0.4, -0.2) is 17.2 Å². The minimum absolute atomic E-state index is 0.240. The lowest BCUT2D eigenvalue weighted by Crippen LogP contribution is -2.25. The zero-order valence-electron chi connectivity index (χ0n) is 15.8. The van der Waals surface area contributed by atoms with Crippen molar-refractivity contribution in [2.75, 3.05) is 0 Å². The third kappa shape index (κ3) is 5.62. The second-order valence-corrected chi connectivity index (χ2v) is 6.34. The standard InChI is InChI=1S/C21H28N4O/c1-5-8-15(2)25-16(3)21(13-24-17(4)22)26-14-20-19-10-7-6-9-18(19)11-12-23-20/h6-7,9-13,15,25H,4-5,8,14,22H2,1-3H3/b21-16-,24-13?/t15-/m0/s1. The molecule has 1 aromatic heterocycles. The van der Waals surface area contributed by atoms with E-state index in [1.165, 1.54) is 0 Å². The van der Waals surface area contributed by atoms with Gasteiger partial charge >= 0.3 is 0 Å². The Kier molecular flexibility index (Phi) is 7.21. The van der Waals surface area contributed by atoms with E-state index in [-0.39, 0.29) is 5.82 Å². The number of benzene rings is 1. The molecular formula is C21H28N4O. The van der Waals surface area contributed by atoms with Crippen LogP contribution in [0.25, 0.3) is 10.8 Å². The summed E-state index contributed by atoms with van der Waals surface area (Å²) in [5.41, 5.74) is 7.37. The van der Waals surface area contributed by atoms with Crippen LogP contribution >= 0.6 is 0 Å². The smallest absolute Gasteiger partial charge is 0.156 e. The van der Waals surface area contributed by atoms with Crippen molar-refractivity contribution in [3.05, 3.63) is 66.1 Å². The third-order valence-electron chi connectivity index (χ3n) is 4.02. The van der Waals surface area contributed by atoms with Gasteiger partial charge in [-0.2, -0.15) is 0 Å². The van der Waals surface area contributed by atoms with Gasteiger partial charge in [-0.3, -0.25) is 4.98 Å². The Morgan fingerprint density at radius 2 is 2.15 bits per heavy atom. The van der Waals surface area contributed by atoms with Gasteiger partial charge in [-0.1, -0.05) is 44.2 Å². The molecule has 0 aliphatic heterocycles. The fourth-order valence-corrected chi connectivity index (χ4v) is 2.77. The number of nitrogens with one attached hydrogen (secondary N) is 1. The van der Waals surface area contributed by atoms with Crippen LogP contribution in [0.2, 0.25) is 0 Å². The normalized spacial score (nSPS) is 13.5. The van der Waals surface area contributed by atoms with Crippen molar-refractivity contribution in [2.24, 2.45) is 10.7 Å². The number of nitrogens with zero attached hydrogens (tertiary/aromatic N) is 2. The number of pyridine rings is 1. The molecule has 0 aliphatic rings. The summed E-state index contributed by atoms with van der Waals surface area (Å²) in [4.78, 5) is 8.56. The number of hydrogen-bond donors (Lipinski definition) is 2. The molecule has 5 nitrogen and oxygen atoms in total. The summed E-state index contributed by atoms with van der Waals surface area (Å²) < 4.78 is 6.04. The highest BCUT2D eigenvalue weighted by atomic mass is 16.5. The lowest BCUT2D eigenvalue weighted by molar-refractivity contribution is 0.211. The molecule has 0 radical (unpaired) electrons. The van der Waals surface area contributed by atoms with Gasteiger partial charge < -0.3 is 15.8 Å². The van der Waals surface area contributed by atoms with Crippen molar-refractivity contribution in [3.63, 3.8) is 0 Å². The maximum Gasteiger partial charge on any atom is 0.156 e. The molecule has 138 valence electrons. The Balaban J connectivity index is 2.21. The first-order valence-electron chi connectivity index (χ1n) is 8.92. The van der Waals surface area contributed by atoms with Gasteiger partial charge in [-0.25, -0.2) is 4.99 Å². The number of fused-ring (bicyclic) bond motifs is 1. The Hall–Kier alpha value is -2.82. The molecule has 1 aromatic carbocycles. The molecule has 0 amide bonds. The van der Waals surface area contributed by atoms with E-state index in [4.69, 9.17) is 10.5 Å². The summed E-state index contributed by atoms with van der Waals surface area (Å²) >= 11 is 0. The number of aromatic nitrogens is 1. The first-order chi connectivity index (χ1) is 12.5. The summed E-state index contributed by atoms with van der Waals surface area (Å²) in [7, 11) is 0. The van der Waals surface area contributed by atoms with Crippen molar-refractivity contribution in [2.45, 2.75) is 46.3 Å². The molecule has 0 saturated heterocycles. The summed E-state index contributed by atoms with van der Waals surface area (Å²) in [6.45, 7) is 10.2. The van der Waals surface area contributed by atoms with E-state index < -0.39 is 0 Å². The molecular weight excluding hydrogens is 324 g/mol. The molecule has 26 heavy (non-hydrogen) atoms. The zero-order valence-corrected chi connectivity index (χ0v) is 15.8. The predicted molar refractivity (Wildman–Crippen MR) is 109 cm³/mol. The molecule has 0 aliphatic carbocycles. The number of aliphatic imine (C=N–C) groups is 1. The van der Waals surface area contributed by atoms with Crippen LogP contribution < -0.4 is 11.1 Å². The lowest BCUT2D eigenvalue weighted by atomic mass is 10.1. The van der Waals surface area contributed by atoms with Crippen LogP contribution in [0.5, 0.6) is 0 Å². The predicted octanol–water partition coefficient (Wildman–Crippen LogP) is 4.26. The van der Waals surface area contributed by atoms with E-state index in [9.17, 15) is 0 Å². The van der Waals surface area contributed by atoms with Gasteiger partial charge in [0.2, 0.25) is 0 Å². The molecule has 1 heterocycles. The maximum absolute atomic E-state index is 6.04. The van der Waals surface area contributed by atoms with Gasteiger partial charge in [-0.05, 0) is 31.7 Å². The van der Waals surface area contributed by atoms with Crippen molar-refractivity contribution in [3.8, 4) is 0 Å². The number of ether oxygens (including phenoxy) is 1. The average Bonchev–Trinajstić information content (AvgIpc) is 2.61. The van der Waals surface area contributed by atoms with E-state index in [0.717, 1.165) is 35.0 Å². The molecule has 0 bridgehead atoms. The van der Waals surface area contributed by atoms with Crippen molar-refractivity contribution in [1.82, 2.24) is 10.3 Å². The largest absolute Gasteiger partial charge is 0.484 e. The second kappa shape index (κ2) is 9.61. The lowest BCUT2D eigenvalue weighted by Gasteiger charge is -2.17. The SMILES string of the molecule is C=C(N)N=C/C(OCc1nccc2ccccc12)=C(\C)N[C@@H](C)CCC. The van der Waals surface area contributed by atoms with Crippen LogP contribution in [-0.2, 0) is 11.3 Å². The molecule has 0 saturated carbocycles. The fourth-order valence-electron chi connectivity index (χ4n) is 2.77. The second-order valence-electron chi connectivity index (χ2n) is 6.34. The van der Waals surface area contributed by atoms with Crippen LogP contribution in [0, 0.1) is 0 Å². The first-order valence-corrected chi connectivity index (χ1v) is 8.92. The van der Waals surface area contributed by atoms with Crippen LogP contribution in [0.15, 0.2) is 65.4 Å². The minimum Gasteiger partial charge on any atom is -0.484 e. The van der Waals surface area contributed by atoms with Crippen molar-refractivity contribution < 1.29 is 4.74 Å². The Morgan fingerprint density at radius 1 is 1.38 bits per heavy atom. The van der Waals surface area contributed by atoms with Gasteiger partial charge in [0.1, 0.15) is 12.4 Å². The Labute approximate surface area is 155 Å². The molecule has 2 rings (SSSR count). The highest BCUT2D eigenvalue weighted by Crippen LogP contribution is 2.18. The van der Waals surface area contributed by atoms with Crippen LogP contribution in [0.3, 0.4) is 0 Å². The van der Waals surface area contributed by atoms with Crippen molar-refractivity contribution >= 4 is 17.0 Å². The van der Waals surface area contributed by atoms with Gasteiger partial charge in [-0.15, -0.1) is 0 Å². The highest BCUT2D eigenvalue weighted by Gasteiger charge is 2.08. The number of nitrogens with two attached hydrogens (primary N) is 1. The highest BCUT2D eigenvalue weighted by molar-refractivity contribution is 5.84. The number of allylic oxidation sites excluding steroid dienone is 2. The molecule has 0 spiro atoms. The monoisotopic (exact) mass is 352 g/mol. The first kappa shape index (κ1) is 19.5. The molecule has 0 unspecified atom stereocenters. The third-order valence-corrected chi connectivity index (χ3v) is 4.02. The summed E-state index contributed by atoms with van der Waals surface area (Å²) in [5, 5.41) is 5.67. The topological polar surface area (TPSA) is 72.5 Å². The van der Waals surface area contributed by atoms with Gasteiger partial charge in [0.15, 0.2) is 5.76 Å². The van der Waals surface area contributed by atoms with Crippen molar-refractivity contribution in [1.29, 1.82) is 0 Å². The molecule has 5 heteroatoms.